The maximum atomic E-state index is 13.8. The molecule has 4 aliphatic rings. The minimum Gasteiger partial charge on any atom is -0.493 e. The fourth-order valence-corrected chi connectivity index (χ4v) is 5.97. The summed E-state index contributed by atoms with van der Waals surface area (Å²) in [6.07, 6.45) is 6.36. The number of benzene rings is 1. The Kier molecular flexibility index (Phi) is 5.03. The van der Waals surface area contributed by atoms with Gasteiger partial charge >= 0.3 is 0 Å². The van der Waals surface area contributed by atoms with Gasteiger partial charge < -0.3 is 14.4 Å². The van der Waals surface area contributed by atoms with Crippen LogP contribution in [0.15, 0.2) is 18.2 Å². The van der Waals surface area contributed by atoms with Crippen LogP contribution in [0.5, 0.6) is 5.75 Å². The topological polar surface area (TPSA) is 76.8 Å². The highest BCUT2D eigenvalue weighted by Crippen LogP contribution is 2.60. The van der Waals surface area contributed by atoms with Gasteiger partial charge in [0, 0.05) is 12.5 Å². The molecular weight excluding hydrogens is 385 g/mol. The number of nitrogens with one attached hydrogen (secondary N) is 1. The van der Waals surface area contributed by atoms with E-state index in [0.29, 0.717) is 5.92 Å². The van der Waals surface area contributed by atoms with Crippen LogP contribution < -0.4 is 15.8 Å². The fraction of sp³-hybridized carbons (Fsp3) is 0.696. The number of fused-ring (bicyclic) bond motifs is 3. The maximum absolute atomic E-state index is 13.8. The molecule has 3 N–H and O–H groups in total. The van der Waals surface area contributed by atoms with Gasteiger partial charge in [0.1, 0.15) is 24.3 Å². The van der Waals surface area contributed by atoms with Crippen molar-refractivity contribution < 1.29 is 18.7 Å². The van der Waals surface area contributed by atoms with Crippen molar-refractivity contribution in [3.05, 3.63) is 29.3 Å². The summed E-state index contributed by atoms with van der Waals surface area (Å²) < 4.78 is 24.9. The van der Waals surface area contributed by atoms with E-state index in [-0.39, 0.29) is 24.0 Å². The molecule has 1 aromatic carbocycles. The summed E-state index contributed by atoms with van der Waals surface area (Å²) >= 11 is 0. The van der Waals surface area contributed by atoms with Crippen LogP contribution in [0.3, 0.4) is 0 Å². The van der Waals surface area contributed by atoms with Crippen molar-refractivity contribution >= 4 is 5.91 Å². The smallest absolute Gasteiger partial charge is 0.250 e. The number of halogens is 1. The molecule has 1 heterocycles. The second-order valence-electron chi connectivity index (χ2n) is 9.49. The van der Waals surface area contributed by atoms with Gasteiger partial charge in [0.15, 0.2) is 0 Å². The largest absolute Gasteiger partial charge is 0.493 e. The molecule has 164 valence electrons. The lowest BCUT2D eigenvalue weighted by molar-refractivity contribution is -0.139. The highest BCUT2D eigenvalue weighted by atomic mass is 19.1. The highest BCUT2D eigenvalue weighted by Gasteiger charge is 2.67. The summed E-state index contributed by atoms with van der Waals surface area (Å²) in [7, 11) is 1.75. The SMILES string of the molecule is COC1CCC2(CC1)Cc1ccc(OCC3CC3)cc1C21NC(N)N(CCF)C1=O. The van der Waals surface area contributed by atoms with Gasteiger partial charge in [0.05, 0.1) is 19.3 Å². The van der Waals surface area contributed by atoms with E-state index in [4.69, 9.17) is 15.2 Å². The zero-order chi connectivity index (χ0) is 20.9. The number of alkyl halides is 1. The van der Waals surface area contributed by atoms with Crippen LogP contribution in [-0.4, -0.2) is 50.1 Å². The molecule has 0 radical (unpaired) electrons. The highest BCUT2D eigenvalue weighted by molar-refractivity contribution is 5.93. The molecule has 2 saturated carbocycles. The van der Waals surface area contributed by atoms with E-state index in [1.165, 1.54) is 23.3 Å². The third-order valence-corrected chi connectivity index (χ3v) is 7.82. The Hall–Kier alpha value is -1.70. The molecule has 2 atom stereocenters. The van der Waals surface area contributed by atoms with Gasteiger partial charge in [0.25, 0.3) is 5.91 Å². The third kappa shape index (κ3) is 2.97. The molecule has 1 amide bonds. The van der Waals surface area contributed by atoms with E-state index in [0.717, 1.165) is 50.0 Å². The van der Waals surface area contributed by atoms with Crippen molar-refractivity contribution in [1.29, 1.82) is 0 Å². The molecule has 30 heavy (non-hydrogen) atoms. The van der Waals surface area contributed by atoms with Gasteiger partial charge in [-0.2, -0.15) is 0 Å². The van der Waals surface area contributed by atoms with Gasteiger partial charge in [-0.15, -0.1) is 0 Å². The number of amides is 1. The van der Waals surface area contributed by atoms with E-state index in [1.807, 2.05) is 12.1 Å². The molecule has 0 bridgehead atoms. The second kappa shape index (κ2) is 7.46. The van der Waals surface area contributed by atoms with Crippen molar-refractivity contribution in [1.82, 2.24) is 10.2 Å². The van der Waals surface area contributed by atoms with Crippen molar-refractivity contribution in [3.8, 4) is 5.75 Å². The van der Waals surface area contributed by atoms with Crippen LogP contribution in [-0.2, 0) is 21.5 Å². The summed E-state index contributed by atoms with van der Waals surface area (Å²) in [5.74, 6) is 1.36. The van der Waals surface area contributed by atoms with E-state index >= 15 is 0 Å². The number of hydrogen-bond acceptors (Lipinski definition) is 5. The molecule has 3 aliphatic carbocycles. The molecule has 2 unspecified atom stereocenters. The number of ether oxygens (including phenoxy) is 2. The predicted molar refractivity (Wildman–Crippen MR) is 111 cm³/mol. The first-order valence-corrected chi connectivity index (χ1v) is 11.2. The average molecular weight is 418 g/mol. The van der Waals surface area contributed by atoms with Crippen molar-refractivity contribution in [2.75, 3.05) is 26.9 Å². The Balaban J connectivity index is 1.55. The lowest BCUT2D eigenvalue weighted by atomic mass is 9.61. The normalized spacial score (nSPS) is 35.4. The summed E-state index contributed by atoms with van der Waals surface area (Å²) in [5, 5.41) is 3.46. The average Bonchev–Trinajstić information content (AvgIpc) is 3.51. The monoisotopic (exact) mass is 417 g/mol. The number of carbonyl (C=O) groups is 1. The third-order valence-electron chi connectivity index (χ3n) is 7.82. The first-order chi connectivity index (χ1) is 14.5. The standard InChI is InChI=1S/C23H32FN3O3/c1-29-17-6-8-22(9-7-17)13-16-4-5-18(30-14-15-2-3-15)12-19(16)23(22)20(28)27(11-10-24)21(25)26-23/h4-5,12,15,17,21,26H,2-3,6-11,13-14,25H2,1H3. The number of carbonyl (C=O) groups excluding carboxylic acids is 1. The van der Waals surface area contributed by atoms with Crippen LogP contribution in [0.1, 0.15) is 49.7 Å². The summed E-state index contributed by atoms with van der Waals surface area (Å²) in [6, 6.07) is 6.16. The number of nitrogens with two attached hydrogens (primary N) is 1. The molecule has 3 fully saturated rings. The summed E-state index contributed by atoms with van der Waals surface area (Å²) in [4.78, 5) is 15.3. The minimum absolute atomic E-state index is 0.0126. The van der Waals surface area contributed by atoms with E-state index in [9.17, 15) is 9.18 Å². The van der Waals surface area contributed by atoms with Crippen LogP contribution in [0.25, 0.3) is 0 Å². The number of methoxy groups -OCH3 is 1. The molecule has 0 aromatic heterocycles. The van der Waals surface area contributed by atoms with Crippen LogP contribution in [0, 0.1) is 11.3 Å². The minimum atomic E-state index is -0.922. The quantitative estimate of drug-likeness (QED) is 0.744. The Morgan fingerprint density at radius 3 is 2.70 bits per heavy atom. The Labute approximate surface area is 177 Å². The van der Waals surface area contributed by atoms with E-state index in [1.54, 1.807) is 7.11 Å². The molecule has 6 nitrogen and oxygen atoms in total. The zero-order valence-corrected chi connectivity index (χ0v) is 17.7. The van der Waals surface area contributed by atoms with E-state index < -0.39 is 18.5 Å². The molecule has 5 rings (SSSR count). The number of hydrogen-bond donors (Lipinski definition) is 2. The van der Waals surface area contributed by atoms with Crippen LogP contribution >= 0.6 is 0 Å². The zero-order valence-electron chi connectivity index (χ0n) is 17.7. The summed E-state index contributed by atoms with van der Waals surface area (Å²) in [5.41, 5.74) is 7.26. The Morgan fingerprint density at radius 1 is 1.27 bits per heavy atom. The Morgan fingerprint density at radius 2 is 2.03 bits per heavy atom. The van der Waals surface area contributed by atoms with Gasteiger partial charge in [-0.25, -0.2) is 4.39 Å². The van der Waals surface area contributed by atoms with Crippen LogP contribution in [0.4, 0.5) is 4.39 Å². The first-order valence-electron chi connectivity index (χ1n) is 11.2. The molecular formula is C23H32FN3O3. The molecule has 2 spiro atoms. The molecule has 1 saturated heterocycles. The first kappa shape index (κ1) is 20.2. The predicted octanol–water partition coefficient (Wildman–Crippen LogP) is 2.45. The van der Waals surface area contributed by atoms with Crippen molar-refractivity contribution in [2.45, 2.75) is 62.9 Å². The van der Waals surface area contributed by atoms with Gasteiger partial charge in [-0.1, -0.05) is 6.07 Å². The summed E-state index contributed by atoms with van der Waals surface area (Å²) in [6.45, 7) is 0.132. The van der Waals surface area contributed by atoms with Gasteiger partial charge in [0.2, 0.25) is 0 Å². The van der Waals surface area contributed by atoms with Crippen LogP contribution in [0.2, 0.25) is 0 Å². The number of rotatable bonds is 6. The van der Waals surface area contributed by atoms with Crippen molar-refractivity contribution in [2.24, 2.45) is 17.1 Å². The molecule has 1 aromatic rings. The maximum Gasteiger partial charge on any atom is 0.250 e. The van der Waals surface area contributed by atoms with Crippen molar-refractivity contribution in [3.63, 3.8) is 0 Å². The number of nitrogens with zero attached hydrogens (tertiary/aromatic N) is 1. The lowest BCUT2D eigenvalue weighted by Crippen LogP contribution is -2.57. The van der Waals surface area contributed by atoms with Gasteiger partial charge in [-0.3, -0.25) is 15.8 Å². The van der Waals surface area contributed by atoms with Gasteiger partial charge in [-0.05, 0) is 74.1 Å². The van der Waals surface area contributed by atoms with E-state index in [2.05, 4.69) is 11.4 Å². The Bertz CT molecular complexity index is 822. The lowest BCUT2D eigenvalue weighted by Gasteiger charge is -2.46. The molecule has 7 heteroatoms. The molecule has 1 aliphatic heterocycles. The fourth-order valence-electron chi connectivity index (χ4n) is 5.97. The second-order valence-corrected chi connectivity index (χ2v) is 9.49.